The number of benzene rings is 1. The summed E-state index contributed by atoms with van der Waals surface area (Å²) in [5, 5.41) is 13.3. The normalized spacial score (nSPS) is 20.7. The molecule has 2 unspecified atom stereocenters. The Morgan fingerprint density at radius 2 is 1.74 bits per heavy atom. The zero-order valence-electron chi connectivity index (χ0n) is 20.4. The van der Waals surface area contributed by atoms with Crippen molar-refractivity contribution in [2.45, 2.75) is 58.8 Å². The second-order valence-corrected chi connectivity index (χ2v) is 9.64. The fraction of sp³-hybridized carbons (Fsp3) is 0.385. The maximum Gasteiger partial charge on any atom is 0.252 e. The number of hydrogen-bond acceptors (Lipinski definition) is 6. The summed E-state index contributed by atoms with van der Waals surface area (Å²) in [6.45, 7) is 10.6. The van der Waals surface area contributed by atoms with E-state index in [-0.39, 0.29) is 22.6 Å². The van der Waals surface area contributed by atoms with Crippen LogP contribution >= 0.6 is 0 Å². The first-order valence-electron chi connectivity index (χ1n) is 11.8. The van der Waals surface area contributed by atoms with Crippen LogP contribution in [0, 0.1) is 17.0 Å². The first-order chi connectivity index (χ1) is 16.7. The van der Waals surface area contributed by atoms with Crippen LogP contribution in [0.3, 0.4) is 0 Å². The van der Waals surface area contributed by atoms with Crippen molar-refractivity contribution in [2.24, 2.45) is 5.41 Å². The summed E-state index contributed by atoms with van der Waals surface area (Å²) in [7, 11) is 0. The highest BCUT2D eigenvalue weighted by Gasteiger charge is 2.57. The standard InChI is InChI=1S/C26H27F2N7/c1-6-16-15-13-19(22-17(27)9-8-10-18(22)28)32-33-23(15)26(5,25(16,3)4)20-11-12-29-24(31-20)35-14-30-21(7-2)34-35/h8-14,16H,6-7H2,1-5H3. The molecule has 4 aromatic rings. The van der Waals surface area contributed by atoms with Gasteiger partial charge in [-0.25, -0.2) is 23.7 Å². The van der Waals surface area contributed by atoms with Gasteiger partial charge in [-0.15, -0.1) is 10.2 Å². The van der Waals surface area contributed by atoms with Crippen molar-refractivity contribution < 1.29 is 8.78 Å². The Morgan fingerprint density at radius 1 is 1.00 bits per heavy atom. The molecule has 1 aliphatic carbocycles. The first-order valence-corrected chi connectivity index (χ1v) is 11.8. The van der Waals surface area contributed by atoms with Gasteiger partial charge in [0.2, 0.25) is 0 Å². The van der Waals surface area contributed by atoms with Crippen LogP contribution in [-0.4, -0.2) is 34.9 Å². The van der Waals surface area contributed by atoms with Gasteiger partial charge < -0.3 is 0 Å². The third-order valence-electron chi connectivity index (χ3n) is 7.67. The van der Waals surface area contributed by atoms with Crippen molar-refractivity contribution in [3.05, 3.63) is 77.3 Å². The zero-order chi connectivity index (χ0) is 25.0. The van der Waals surface area contributed by atoms with Crippen LogP contribution < -0.4 is 0 Å². The van der Waals surface area contributed by atoms with Crippen LogP contribution in [0.1, 0.15) is 69.7 Å². The summed E-state index contributed by atoms with van der Waals surface area (Å²) in [5.41, 5.74) is 1.54. The molecule has 0 bridgehead atoms. The molecule has 0 radical (unpaired) electrons. The van der Waals surface area contributed by atoms with E-state index >= 15 is 0 Å². The molecule has 180 valence electrons. The molecule has 0 fully saturated rings. The molecule has 3 aromatic heterocycles. The van der Waals surface area contributed by atoms with Crippen molar-refractivity contribution in [1.82, 2.24) is 34.9 Å². The molecule has 7 nitrogen and oxygen atoms in total. The fourth-order valence-corrected chi connectivity index (χ4v) is 5.44. The lowest BCUT2D eigenvalue weighted by atomic mass is 9.62. The molecule has 0 saturated heterocycles. The molecule has 0 saturated carbocycles. The zero-order valence-corrected chi connectivity index (χ0v) is 20.4. The van der Waals surface area contributed by atoms with E-state index in [1.54, 1.807) is 23.3 Å². The molecule has 3 heterocycles. The molecule has 9 heteroatoms. The van der Waals surface area contributed by atoms with Crippen LogP contribution in [0.15, 0.2) is 42.9 Å². The molecule has 0 amide bonds. The predicted molar refractivity (Wildman–Crippen MR) is 127 cm³/mol. The van der Waals surface area contributed by atoms with Gasteiger partial charge in [-0.1, -0.05) is 33.8 Å². The van der Waals surface area contributed by atoms with E-state index in [1.807, 2.05) is 13.0 Å². The van der Waals surface area contributed by atoms with E-state index in [0.29, 0.717) is 18.2 Å². The van der Waals surface area contributed by atoms with Gasteiger partial charge in [0.15, 0.2) is 5.82 Å². The van der Waals surface area contributed by atoms with E-state index in [9.17, 15) is 8.78 Å². The third-order valence-corrected chi connectivity index (χ3v) is 7.67. The highest BCUT2D eigenvalue weighted by molar-refractivity contribution is 5.63. The Bertz CT molecular complexity index is 1390. The van der Waals surface area contributed by atoms with Crippen molar-refractivity contribution in [2.75, 3.05) is 0 Å². The van der Waals surface area contributed by atoms with Crippen LogP contribution in [0.4, 0.5) is 8.78 Å². The van der Waals surface area contributed by atoms with Crippen molar-refractivity contribution >= 4 is 0 Å². The summed E-state index contributed by atoms with van der Waals surface area (Å²) in [6, 6.07) is 7.48. The van der Waals surface area contributed by atoms with Crippen LogP contribution in [-0.2, 0) is 11.8 Å². The van der Waals surface area contributed by atoms with Gasteiger partial charge in [-0.2, -0.15) is 9.78 Å². The number of aromatic nitrogens is 7. The second-order valence-electron chi connectivity index (χ2n) is 9.64. The molecule has 1 aromatic carbocycles. The van der Waals surface area contributed by atoms with Gasteiger partial charge in [-0.05, 0) is 54.5 Å². The van der Waals surface area contributed by atoms with Gasteiger partial charge in [0.25, 0.3) is 5.95 Å². The number of halogens is 2. The lowest BCUT2D eigenvalue weighted by molar-refractivity contribution is 0.189. The maximum atomic E-state index is 14.5. The Morgan fingerprint density at radius 3 is 2.40 bits per heavy atom. The number of fused-ring (bicyclic) bond motifs is 1. The Kier molecular flexibility index (Phi) is 5.45. The lowest BCUT2D eigenvalue weighted by Gasteiger charge is -2.41. The van der Waals surface area contributed by atoms with Crippen LogP contribution in [0.25, 0.3) is 17.2 Å². The van der Waals surface area contributed by atoms with Gasteiger partial charge in [0.05, 0.1) is 28.1 Å². The Balaban J connectivity index is 1.68. The smallest absolute Gasteiger partial charge is 0.220 e. The van der Waals surface area contributed by atoms with Crippen LogP contribution in [0.5, 0.6) is 0 Å². The minimum Gasteiger partial charge on any atom is -0.220 e. The van der Waals surface area contributed by atoms with Crippen LogP contribution in [0.2, 0.25) is 0 Å². The van der Waals surface area contributed by atoms with Gasteiger partial charge >= 0.3 is 0 Å². The van der Waals surface area contributed by atoms with Gasteiger partial charge in [0.1, 0.15) is 18.0 Å². The fourth-order valence-electron chi connectivity index (χ4n) is 5.44. The van der Waals surface area contributed by atoms with Gasteiger partial charge in [0, 0.05) is 12.6 Å². The average Bonchev–Trinajstić information content (AvgIpc) is 3.39. The minimum atomic E-state index is -0.660. The molecular formula is C26H27F2N7. The van der Waals surface area contributed by atoms with E-state index in [0.717, 1.165) is 23.4 Å². The molecule has 2 atom stereocenters. The Hall–Kier alpha value is -3.62. The molecule has 0 aliphatic heterocycles. The largest absolute Gasteiger partial charge is 0.252 e. The van der Waals surface area contributed by atoms with E-state index in [1.165, 1.54) is 18.2 Å². The molecular weight excluding hydrogens is 448 g/mol. The molecule has 0 spiro atoms. The molecule has 1 aliphatic rings. The number of nitrogens with zero attached hydrogens (tertiary/aromatic N) is 7. The van der Waals surface area contributed by atoms with Crippen molar-refractivity contribution in [3.63, 3.8) is 0 Å². The molecule has 0 N–H and O–H groups in total. The van der Waals surface area contributed by atoms with Crippen molar-refractivity contribution in [3.8, 4) is 17.2 Å². The van der Waals surface area contributed by atoms with Gasteiger partial charge in [-0.3, -0.25) is 0 Å². The summed E-state index contributed by atoms with van der Waals surface area (Å²) in [6.07, 6.45) is 4.85. The monoisotopic (exact) mass is 475 g/mol. The van der Waals surface area contributed by atoms with E-state index in [4.69, 9.17) is 4.98 Å². The van der Waals surface area contributed by atoms with E-state index in [2.05, 4.69) is 53.0 Å². The average molecular weight is 476 g/mol. The molecule has 35 heavy (non-hydrogen) atoms. The lowest BCUT2D eigenvalue weighted by Crippen LogP contribution is -2.40. The maximum absolute atomic E-state index is 14.5. The SMILES string of the molecule is CCc1ncn(-c2nccc(C3(C)c4nnc(-c5c(F)cccc5F)cc4C(CC)C3(C)C)n2)n1. The van der Waals surface area contributed by atoms with E-state index < -0.39 is 17.0 Å². The summed E-state index contributed by atoms with van der Waals surface area (Å²) in [4.78, 5) is 13.6. The number of hydrogen-bond donors (Lipinski definition) is 0. The third kappa shape index (κ3) is 3.36. The highest BCUT2D eigenvalue weighted by atomic mass is 19.1. The quantitative estimate of drug-likeness (QED) is 0.395. The second kappa shape index (κ2) is 8.25. The molecule has 5 rings (SSSR count). The number of rotatable bonds is 5. The predicted octanol–water partition coefficient (Wildman–Crippen LogP) is 5.19. The summed E-state index contributed by atoms with van der Waals surface area (Å²) < 4.78 is 30.6. The highest BCUT2D eigenvalue weighted by Crippen LogP contribution is 2.61. The topological polar surface area (TPSA) is 82.3 Å². The van der Waals surface area contributed by atoms with Crippen molar-refractivity contribution in [1.29, 1.82) is 0 Å². The Labute approximate surface area is 202 Å². The number of aryl methyl sites for hydroxylation is 1. The summed E-state index contributed by atoms with van der Waals surface area (Å²) in [5.74, 6) is -0.116. The summed E-state index contributed by atoms with van der Waals surface area (Å²) >= 11 is 0. The first kappa shape index (κ1) is 23.1. The minimum absolute atomic E-state index is 0.0723.